The number of hydrogen-bond donors (Lipinski definition) is 0. The van der Waals surface area contributed by atoms with Gasteiger partial charge in [0, 0.05) is 11.0 Å². The summed E-state index contributed by atoms with van der Waals surface area (Å²) in [4.78, 5) is 0.793. The smallest absolute Gasteiger partial charge is 0.206 e. The Morgan fingerprint density at radius 1 is 0.458 bits per heavy atom. The van der Waals surface area contributed by atoms with Crippen LogP contribution in [0.15, 0.2) is 230 Å². The van der Waals surface area contributed by atoms with Crippen molar-refractivity contribution in [3.8, 4) is 40.2 Å². The number of rotatable bonds is 18. The molecule has 0 bridgehead atoms. The number of hydrogen-bond acceptors (Lipinski definition) is 10. The summed E-state index contributed by atoms with van der Waals surface area (Å²) in [5.41, 5.74) is 4.28. The van der Waals surface area contributed by atoms with Gasteiger partial charge < -0.3 is 18.9 Å². The molecule has 366 valence electrons. The van der Waals surface area contributed by atoms with Gasteiger partial charge in [0.2, 0.25) is 29.5 Å². The number of aryl methyl sites for hydroxylation is 1. The highest BCUT2D eigenvalue weighted by molar-refractivity contribution is 7.92. The van der Waals surface area contributed by atoms with Gasteiger partial charge in [-0.3, -0.25) is 0 Å². The van der Waals surface area contributed by atoms with Crippen molar-refractivity contribution >= 4 is 35.6 Å². The molecule has 0 fully saturated rings. The minimum Gasteiger partial charge on any atom is -0.497 e. The largest absolute Gasteiger partial charge is 0.497 e. The van der Waals surface area contributed by atoms with E-state index in [2.05, 4.69) is 32.6 Å². The van der Waals surface area contributed by atoms with E-state index in [1.54, 1.807) is 91.0 Å². The summed E-state index contributed by atoms with van der Waals surface area (Å²) in [5, 5.41) is 0. The van der Waals surface area contributed by atoms with E-state index in [-0.39, 0.29) is 29.4 Å². The maximum absolute atomic E-state index is 13.7. The SMILES string of the molecule is C=CCc1cc(C(C)(C)c2ccc(Oc3ccc(S(=O)(=O)c4ccc(OC)cc4)cc3)c(/C=C/C)c2)ccc1Oc1ccc(S(=O)(=O)c2ccc(Oc3ccc(S(=O)(=O)c4ccc(C)cc4)cc3)cc2)cc1. The van der Waals surface area contributed by atoms with Crippen LogP contribution >= 0.6 is 0 Å². The first-order chi connectivity index (χ1) is 34.4. The van der Waals surface area contributed by atoms with Crippen LogP contribution in [0.5, 0.6) is 40.2 Å². The molecule has 0 saturated heterocycles. The third-order valence-corrected chi connectivity index (χ3v) is 17.5. The van der Waals surface area contributed by atoms with Crippen molar-refractivity contribution in [2.75, 3.05) is 7.11 Å². The molecular formula is C59H52O10S3. The van der Waals surface area contributed by atoms with Crippen LogP contribution in [0.3, 0.4) is 0 Å². The van der Waals surface area contributed by atoms with Gasteiger partial charge in [0.05, 0.1) is 36.5 Å². The van der Waals surface area contributed by atoms with Gasteiger partial charge in [0.1, 0.15) is 40.2 Å². The number of allylic oxidation sites excluding steroid dienone is 2. The molecule has 10 nitrogen and oxygen atoms in total. The van der Waals surface area contributed by atoms with Crippen LogP contribution in [0, 0.1) is 6.92 Å². The first kappa shape index (κ1) is 50.7. The molecule has 0 saturated carbocycles. The van der Waals surface area contributed by atoms with E-state index in [9.17, 15) is 25.3 Å². The normalized spacial score (nSPS) is 12.1. The molecule has 8 aromatic rings. The first-order valence-electron chi connectivity index (χ1n) is 22.8. The maximum Gasteiger partial charge on any atom is 0.206 e. The van der Waals surface area contributed by atoms with E-state index < -0.39 is 34.9 Å². The summed E-state index contributed by atoms with van der Waals surface area (Å²) < 4.78 is 104. The average Bonchev–Trinajstić information content (AvgIpc) is 3.38. The van der Waals surface area contributed by atoms with Crippen molar-refractivity contribution in [1.82, 2.24) is 0 Å². The molecule has 0 radical (unpaired) electrons. The van der Waals surface area contributed by atoms with Crippen LogP contribution in [0.4, 0.5) is 0 Å². The molecule has 0 atom stereocenters. The van der Waals surface area contributed by atoms with Crippen LogP contribution in [-0.2, 0) is 41.3 Å². The Bertz CT molecular complexity index is 3610. The fourth-order valence-electron chi connectivity index (χ4n) is 7.91. The van der Waals surface area contributed by atoms with Crippen molar-refractivity contribution in [1.29, 1.82) is 0 Å². The van der Waals surface area contributed by atoms with Gasteiger partial charge in [-0.15, -0.1) is 6.58 Å². The van der Waals surface area contributed by atoms with Gasteiger partial charge in [-0.25, -0.2) is 25.3 Å². The van der Waals surface area contributed by atoms with E-state index in [0.29, 0.717) is 46.7 Å². The van der Waals surface area contributed by atoms with Crippen molar-refractivity contribution in [3.63, 3.8) is 0 Å². The molecule has 0 aliphatic heterocycles. The Morgan fingerprint density at radius 2 is 0.806 bits per heavy atom. The fraction of sp³-hybridized carbons (Fsp3) is 0.119. The Kier molecular flexibility index (Phi) is 14.7. The van der Waals surface area contributed by atoms with Gasteiger partial charge in [-0.2, -0.15) is 0 Å². The van der Waals surface area contributed by atoms with E-state index in [4.69, 9.17) is 18.9 Å². The van der Waals surface area contributed by atoms with E-state index in [0.717, 1.165) is 27.8 Å². The van der Waals surface area contributed by atoms with Crippen LogP contribution in [0.25, 0.3) is 6.08 Å². The molecule has 0 aromatic heterocycles. The number of ether oxygens (including phenoxy) is 4. The second kappa shape index (κ2) is 20.9. The Morgan fingerprint density at radius 3 is 1.19 bits per heavy atom. The van der Waals surface area contributed by atoms with Gasteiger partial charge in [0.15, 0.2) is 0 Å². The molecule has 0 heterocycles. The summed E-state index contributed by atoms with van der Waals surface area (Å²) >= 11 is 0. The average molecular weight is 1020 g/mol. The maximum atomic E-state index is 13.7. The molecule has 8 rings (SSSR count). The highest BCUT2D eigenvalue weighted by Crippen LogP contribution is 2.39. The molecular weight excluding hydrogens is 965 g/mol. The van der Waals surface area contributed by atoms with E-state index in [1.165, 1.54) is 67.8 Å². The van der Waals surface area contributed by atoms with Gasteiger partial charge >= 0.3 is 0 Å². The van der Waals surface area contributed by atoms with Gasteiger partial charge in [0.25, 0.3) is 0 Å². The lowest BCUT2D eigenvalue weighted by Crippen LogP contribution is -2.19. The molecule has 0 aliphatic rings. The monoisotopic (exact) mass is 1020 g/mol. The zero-order chi connectivity index (χ0) is 51.3. The first-order valence-corrected chi connectivity index (χ1v) is 27.3. The molecule has 0 N–H and O–H groups in total. The van der Waals surface area contributed by atoms with Gasteiger partial charge in [-0.05, 0) is 189 Å². The van der Waals surface area contributed by atoms with Crippen molar-refractivity contribution < 1.29 is 44.2 Å². The van der Waals surface area contributed by atoms with Crippen molar-refractivity contribution in [2.24, 2.45) is 0 Å². The standard InChI is InChI=1S/C59H52O10S3/c1-7-9-42-39-44(13-37-57(42)68-49-21-33-55(34-22-49)71(62,63)52-27-15-46(66-6)16-28-52)59(4,5)45-14-38-58(43(40-45)10-8-2)69-50-23-35-56(36-24-50)72(64,65)54-31-19-48(20-32-54)67-47-17-29-53(30-18-47)70(60,61)51-25-11-41(3)12-26-51/h7-9,11-40H,2,10H2,1,3-6H3/b9-7+. The quantitative estimate of drug-likeness (QED) is 0.0763. The molecule has 0 spiro atoms. The lowest BCUT2D eigenvalue weighted by atomic mass is 9.77. The number of methoxy groups -OCH3 is 1. The Balaban J connectivity index is 0.929. The summed E-state index contributed by atoms with van der Waals surface area (Å²) in [6.45, 7) is 12.1. The summed E-state index contributed by atoms with van der Waals surface area (Å²) in [6, 6.07) is 49.6. The summed E-state index contributed by atoms with van der Waals surface area (Å²) in [7, 11) is -9.82. The zero-order valence-electron chi connectivity index (χ0n) is 40.3. The summed E-state index contributed by atoms with van der Waals surface area (Å²) in [6.07, 6.45) is 6.22. The number of benzene rings is 8. The van der Waals surface area contributed by atoms with Crippen molar-refractivity contribution in [3.05, 3.63) is 229 Å². The lowest BCUT2D eigenvalue weighted by Gasteiger charge is -2.28. The number of sulfone groups is 3. The zero-order valence-corrected chi connectivity index (χ0v) is 42.7. The second-order valence-electron chi connectivity index (χ2n) is 17.4. The second-order valence-corrected chi connectivity index (χ2v) is 23.2. The van der Waals surface area contributed by atoms with Crippen LogP contribution in [-0.4, -0.2) is 32.4 Å². The van der Waals surface area contributed by atoms with Crippen LogP contribution < -0.4 is 18.9 Å². The Labute approximate surface area is 422 Å². The minimum atomic E-state index is -3.90. The topological polar surface area (TPSA) is 139 Å². The van der Waals surface area contributed by atoms with Crippen molar-refractivity contribution in [2.45, 2.75) is 68.9 Å². The van der Waals surface area contributed by atoms with Crippen LogP contribution in [0.1, 0.15) is 48.6 Å². The Hall–Kier alpha value is -7.71. The fourth-order valence-corrected chi connectivity index (χ4v) is 11.7. The predicted molar refractivity (Wildman–Crippen MR) is 280 cm³/mol. The minimum absolute atomic E-state index is 0.0702. The predicted octanol–water partition coefficient (Wildman–Crippen LogP) is 14.0. The lowest BCUT2D eigenvalue weighted by molar-refractivity contribution is 0.414. The van der Waals surface area contributed by atoms with Gasteiger partial charge in [-0.1, -0.05) is 68.0 Å². The third kappa shape index (κ3) is 10.9. The van der Waals surface area contributed by atoms with E-state index in [1.807, 2.05) is 50.3 Å². The molecule has 13 heteroatoms. The molecule has 72 heavy (non-hydrogen) atoms. The molecule has 0 amide bonds. The highest BCUT2D eigenvalue weighted by Gasteiger charge is 2.26. The highest BCUT2D eigenvalue weighted by atomic mass is 32.2. The third-order valence-electron chi connectivity index (χ3n) is 12.2. The molecule has 8 aromatic carbocycles. The summed E-state index contributed by atoms with van der Waals surface area (Å²) in [5.74, 6) is 3.47. The van der Waals surface area contributed by atoms with E-state index >= 15 is 0 Å². The molecule has 0 unspecified atom stereocenters. The molecule has 0 aliphatic carbocycles. The van der Waals surface area contributed by atoms with Crippen LogP contribution in [0.2, 0.25) is 0 Å².